The van der Waals surface area contributed by atoms with Gasteiger partial charge in [-0.25, -0.2) is 0 Å². The van der Waals surface area contributed by atoms with Gasteiger partial charge in [0.1, 0.15) is 0 Å². The molecule has 2 nitrogen and oxygen atoms in total. The molecule has 0 atom stereocenters. The van der Waals surface area contributed by atoms with E-state index in [-0.39, 0.29) is 12.1 Å². The minimum Gasteiger partial charge on any atom is -0.394 e. The van der Waals surface area contributed by atoms with Crippen molar-refractivity contribution in [1.29, 1.82) is 0 Å². The van der Waals surface area contributed by atoms with Gasteiger partial charge in [-0.3, -0.25) is 0 Å². The minimum atomic E-state index is -0.256. The molecular formula is C17H21NO. The topological polar surface area (TPSA) is 23.5 Å². The number of benzene rings is 2. The molecule has 0 aliphatic rings. The summed E-state index contributed by atoms with van der Waals surface area (Å²) in [7, 11) is 2.01. The van der Waals surface area contributed by atoms with Gasteiger partial charge in [0.25, 0.3) is 0 Å². The molecular weight excluding hydrogens is 234 g/mol. The first-order valence-electron chi connectivity index (χ1n) is 6.55. The highest BCUT2D eigenvalue weighted by Gasteiger charge is 2.22. The summed E-state index contributed by atoms with van der Waals surface area (Å²) >= 11 is 0. The number of rotatable bonds is 4. The maximum Gasteiger partial charge on any atom is 0.0658 e. The lowest BCUT2D eigenvalue weighted by Gasteiger charge is -2.36. The molecule has 0 heterocycles. The fourth-order valence-corrected chi connectivity index (χ4v) is 1.96. The Morgan fingerprint density at radius 1 is 0.895 bits per heavy atom. The van der Waals surface area contributed by atoms with Gasteiger partial charge < -0.3 is 10.0 Å². The summed E-state index contributed by atoms with van der Waals surface area (Å²) in [6.45, 7) is 4.18. The average Bonchev–Trinajstić information content (AvgIpc) is 2.47. The van der Waals surface area contributed by atoms with Crippen molar-refractivity contribution in [3.05, 3.63) is 54.6 Å². The van der Waals surface area contributed by atoms with Gasteiger partial charge >= 0.3 is 0 Å². The van der Waals surface area contributed by atoms with Crippen LogP contribution in [-0.2, 0) is 0 Å². The molecule has 0 radical (unpaired) electrons. The Kier molecular flexibility index (Phi) is 3.91. The van der Waals surface area contributed by atoms with Gasteiger partial charge in [-0.05, 0) is 37.1 Å². The number of aliphatic hydroxyl groups is 1. The first kappa shape index (κ1) is 13.6. The third kappa shape index (κ3) is 2.96. The molecule has 0 aliphatic carbocycles. The maximum absolute atomic E-state index is 9.42. The van der Waals surface area contributed by atoms with Crippen LogP contribution in [0.4, 0.5) is 5.69 Å². The zero-order valence-corrected chi connectivity index (χ0v) is 11.8. The molecule has 0 amide bonds. The lowest BCUT2D eigenvalue weighted by Crippen LogP contribution is -2.44. The molecule has 1 N–H and O–H groups in total. The summed E-state index contributed by atoms with van der Waals surface area (Å²) < 4.78 is 0. The predicted molar refractivity (Wildman–Crippen MR) is 81.4 cm³/mol. The van der Waals surface area contributed by atoms with Crippen molar-refractivity contribution in [3.8, 4) is 11.1 Å². The Morgan fingerprint density at radius 2 is 1.42 bits per heavy atom. The van der Waals surface area contributed by atoms with Crippen LogP contribution in [0.25, 0.3) is 11.1 Å². The second kappa shape index (κ2) is 5.45. The molecule has 19 heavy (non-hydrogen) atoms. The Balaban J connectivity index is 2.24. The van der Waals surface area contributed by atoms with Gasteiger partial charge in [-0.2, -0.15) is 0 Å². The van der Waals surface area contributed by atoms with E-state index in [1.807, 2.05) is 39.1 Å². The fraction of sp³-hybridized carbons (Fsp3) is 0.294. The first-order valence-corrected chi connectivity index (χ1v) is 6.55. The summed E-state index contributed by atoms with van der Waals surface area (Å²) in [5.41, 5.74) is 3.28. The zero-order chi connectivity index (χ0) is 13.9. The number of nitrogens with zero attached hydrogens (tertiary/aromatic N) is 1. The molecule has 2 aromatic rings. The summed E-state index contributed by atoms with van der Waals surface area (Å²) in [4.78, 5) is 2.10. The van der Waals surface area contributed by atoms with Crippen molar-refractivity contribution in [2.45, 2.75) is 19.4 Å². The Hall–Kier alpha value is -1.80. The molecule has 0 saturated heterocycles. The molecule has 0 aromatic heterocycles. The molecule has 0 aliphatic heterocycles. The second-order valence-electron chi connectivity index (χ2n) is 5.44. The number of hydrogen-bond acceptors (Lipinski definition) is 2. The van der Waals surface area contributed by atoms with Gasteiger partial charge in [0, 0.05) is 12.7 Å². The normalized spacial score (nSPS) is 11.4. The van der Waals surface area contributed by atoms with Crippen LogP contribution in [-0.4, -0.2) is 24.3 Å². The van der Waals surface area contributed by atoms with E-state index in [2.05, 4.69) is 41.3 Å². The Bertz CT molecular complexity index is 517. The van der Waals surface area contributed by atoms with E-state index in [1.165, 1.54) is 11.1 Å². The maximum atomic E-state index is 9.42. The zero-order valence-electron chi connectivity index (χ0n) is 11.8. The molecule has 0 spiro atoms. The standard InChI is InChI=1S/C17H21NO/c1-17(2,13-19)18(3)16-11-9-15(10-12-16)14-7-5-4-6-8-14/h4-12,19H,13H2,1-3H3. The third-order valence-electron chi connectivity index (χ3n) is 3.66. The minimum absolute atomic E-state index is 0.129. The molecule has 2 heteroatoms. The first-order chi connectivity index (χ1) is 9.04. The quantitative estimate of drug-likeness (QED) is 0.903. The molecule has 0 fully saturated rings. The number of anilines is 1. The van der Waals surface area contributed by atoms with Gasteiger partial charge in [-0.1, -0.05) is 42.5 Å². The number of hydrogen-bond donors (Lipinski definition) is 1. The van der Waals surface area contributed by atoms with Crippen molar-refractivity contribution in [3.63, 3.8) is 0 Å². The van der Waals surface area contributed by atoms with Crippen LogP contribution in [0.15, 0.2) is 54.6 Å². The van der Waals surface area contributed by atoms with Crippen LogP contribution in [0.3, 0.4) is 0 Å². The average molecular weight is 255 g/mol. The molecule has 0 saturated carbocycles. The van der Waals surface area contributed by atoms with Crippen molar-refractivity contribution in [2.24, 2.45) is 0 Å². The van der Waals surface area contributed by atoms with Crippen LogP contribution in [0.5, 0.6) is 0 Å². The SMILES string of the molecule is CN(c1ccc(-c2ccccc2)cc1)C(C)(C)CO. The Labute approximate surface area is 115 Å². The molecule has 100 valence electrons. The predicted octanol–water partition coefficient (Wildman–Crippen LogP) is 3.56. The van der Waals surface area contributed by atoms with E-state index < -0.39 is 0 Å². The fourth-order valence-electron chi connectivity index (χ4n) is 1.96. The van der Waals surface area contributed by atoms with Crippen molar-refractivity contribution in [2.75, 3.05) is 18.6 Å². The van der Waals surface area contributed by atoms with E-state index in [0.29, 0.717) is 0 Å². The highest BCUT2D eigenvalue weighted by atomic mass is 16.3. The van der Waals surface area contributed by atoms with Gasteiger partial charge in [-0.15, -0.1) is 0 Å². The number of likely N-dealkylation sites (N-methyl/N-ethyl adjacent to an activating group) is 1. The third-order valence-corrected chi connectivity index (χ3v) is 3.66. The van der Waals surface area contributed by atoms with Gasteiger partial charge in [0.05, 0.1) is 12.1 Å². The summed E-state index contributed by atoms with van der Waals surface area (Å²) in [6, 6.07) is 18.8. The van der Waals surface area contributed by atoms with E-state index in [0.717, 1.165) is 5.69 Å². The molecule has 2 aromatic carbocycles. The summed E-state index contributed by atoms with van der Waals surface area (Å²) in [5, 5.41) is 9.42. The van der Waals surface area contributed by atoms with E-state index in [1.54, 1.807) is 0 Å². The summed E-state index contributed by atoms with van der Waals surface area (Å²) in [5.74, 6) is 0. The van der Waals surface area contributed by atoms with Crippen LogP contribution < -0.4 is 4.90 Å². The molecule has 2 rings (SSSR count). The lowest BCUT2D eigenvalue weighted by molar-refractivity contribution is 0.216. The van der Waals surface area contributed by atoms with Crippen LogP contribution in [0.2, 0.25) is 0 Å². The smallest absolute Gasteiger partial charge is 0.0658 e. The van der Waals surface area contributed by atoms with Crippen molar-refractivity contribution >= 4 is 5.69 Å². The van der Waals surface area contributed by atoms with Crippen LogP contribution in [0, 0.1) is 0 Å². The molecule has 0 unspecified atom stereocenters. The molecule has 0 bridgehead atoms. The van der Waals surface area contributed by atoms with Crippen LogP contribution in [0.1, 0.15) is 13.8 Å². The highest BCUT2D eigenvalue weighted by molar-refractivity contribution is 5.66. The Morgan fingerprint density at radius 3 is 1.95 bits per heavy atom. The van der Waals surface area contributed by atoms with Crippen molar-refractivity contribution in [1.82, 2.24) is 0 Å². The largest absolute Gasteiger partial charge is 0.394 e. The second-order valence-corrected chi connectivity index (χ2v) is 5.44. The van der Waals surface area contributed by atoms with Gasteiger partial charge in [0.15, 0.2) is 0 Å². The highest BCUT2D eigenvalue weighted by Crippen LogP contribution is 2.26. The van der Waals surface area contributed by atoms with Crippen LogP contribution >= 0.6 is 0 Å². The summed E-state index contributed by atoms with van der Waals surface area (Å²) in [6.07, 6.45) is 0. The van der Waals surface area contributed by atoms with E-state index >= 15 is 0 Å². The number of aliphatic hydroxyl groups excluding tert-OH is 1. The monoisotopic (exact) mass is 255 g/mol. The van der Waals surface area contributed by atoms with E-state index in [4.69, 9.17) is 0 Å². The van der Waals surface area contributed by atoms with E-state index in [9.17, 15) is 5.11 Å². The lowest BCUT2D eigenvalue weighted by atomic mass is 10.0. The van der Waals surface area contributed by atoms with Crippen molar-refractivity contribution < 1.29 is 5.11 Å². The van der Waals surface area contributed by atoms with Gasteiger partial charge in [0.2, 0.25) is 0 Å².